The lowest BCUT2D eigenvalue weighted by Gasteiger charge is -2.18. The summed E-state index contributed by atoms with van der Waals surface area (Å²) < 4.78 is 16.8. The molecule has 6 nitrogen and oxygen atoms in total. The summed E-state index contributed by atoms with van der Waals surface area (Å²) in [4.78, 5) is 38.1. The van der Waals surface area contributed by atoms with Crippen LogP contribution in [0.2, 0.25) is 0 Å². The van der Waals surface area contributed by atoms with Crippen LogP contribution in [0.25, 0.3) is 0 Å². The number of ether oxygens (including phenoxy) is 3. The van der Waals surface area contributed by atoms with Gasteiger partial charge in [-0.15, -0.1) is 0 Å². The van der Waals surface area contributed by atoms with Gasteiger partial charge in [-0.05, 0) is 83.5 Å². The molecule has 0 bridgehead atoms. The predicted octanol–water partition coefficient (Wildman–Crippen LogP) is 18.8. The molecule has 0 heterocycles. The molecular weight excluding hydrogens is 817 g/mol. The highest BCUT2D eigenvalue weighted by molar-refractivity contribution is 5.71. The van der Waals surface area contributed by atoms with E-state index >= 15 is 0 Å². The van der Waals surface area contributed by atoms with E-state index in [-0.39, 0.29) is 31.1 Å². The summed E-state index contributed by atoms with van der Waals surface area (Å²) in [5.41, 5.74) is 0. The zero-order valence-corrected chi connectivity index (χ0v) is 43.7. The fraction of sp³-hybridized carbons (Fsp3) is 0.783. The van der Waals surface area contributed by atoms with E-state index in [9.17, 15) is 14.4 Å². The second kappa shape index (κ2) is 54.7. The SMILES string of the molecule is CC/C=C\C/C=C\C/C=C\C/C=C\CCCCCCCCCCC(=O)OCC(COC(=O)CCCCCCC/C=C\CCCCCC)OC(=O)CCCCCCCCCCCCCCCC. The Bertz CT molecular complexity index is 1200. The predicted molar refractivity (Wildman–Crippen MR) is 284 cm³/mol. The summed E-state index contributed by atoms with van der Waals surface area (Å²) in [6.07, 6.45) is 67.8. The normalized spacial score (nSPS) is 12.5. The Hall–Kier alpha value is -2.89. The molecule has 0 saturated carbocycles. The van der Waals surface area contributed by atoms with Gasteiger partial charge >= 0.3 is 17.9 Å². The van der Waals surface area contributed by atoms with Crippen LogP contribution in [0, 0.1) is 0 Å². The van der Waals surface area contributed by atoms with E-state index in [0.717, 1.165) is 96.3 Å². The maximum absolute atomic E-state index is 12.8. The standard InChI is InChI=1S/C60H106O6/c1-4-7-10-13-16-19-22-25-27-28-29-30-31-32-33-36-38-41-44-47-50-53-59(62)65-56-57(55-64-58(61)52-49-46-43-40-37-34-24-21-18-15-12-9-6-3)66-60(63)54-51-48-45-42-39-35-26-23-20-17-14-11-8-5-2/h7,10,16,19,21,24-25,27,29-30,57H,4-6,8-9,11-15,17-18,20,22-23,26,28,31-56H2,1-3H3/b10-7-,19-16-,24-21-,27-25-,30-29-. The van der Waals surface area contributed by atoms with Crippen molar-refractivity contribution in [3.05, 3.63) is 60.8 Å². The molecule has 6 heteroatoms. The topological polar surface area (TPSA) is 78.9 Å². The number of carbonyl (C=O) groups excluding carboxylic acids is 3. The van der Waals surface area contributed by atoms with Gasteiger partial charge in [0.15, 0.2) is 6.10 Å². The van der Waals surface area contributed by atoms with E-state index in [1.807, 2.05) is 0 Å². The highest BCUT2D eigenvalue weighted by Crippen LogP contribution is 2.16. The summed E-state index contributed by atoms with van der Waals surface area (Å²) in [6.45, 7) is 6.52. The van der Waals surface area contributed by atoms with Crippen molar-refractivity contribution in [3.8, 4) is 0 Å². The zero-order valence-electron chi connectivity index (χ0n) is 43.7. The molecule has 0 saturated heterocycles. The number of carbonyl (C=O) groups is 3. The van der Waals surface area contributed by atoms with Crippen LogP contribution in [0.4, 0.5) is 0 Å². The zero-order chi connectivity index (χ0) is 47.9. The molecule has 0 amide bonds. The van der Waals surface area contributed by atoms with Crippen LogP contribution in [0.5, 0.6) is 0 Å². The van der Waals surface area contributed by atoms with Crippen molar-refractivity contribution >= 4 is 17.9 Å². The van der Waals surface area contributed by atoms with Gasteiger partial charge in [0, 0.05) is 19.3 Å². The molecule has 66 heavy (non-hydrogen) atoms. The number of unbranched alkanes of at least 4 members (excludes halogenated alkanes) is 30. The van der Waals surface area contributed by atoms with E-state index in [4.69, 9.17) is 14.2 Å². The first-order valence-electron chi connectivity index (χ1n) is 28.3. The van der Waals surface area contributed by atoms with Gasteiger partial charge in [-0.2, -0.15) is 0 Å². The summed E-state index contributed by atoms with van der Waals surface area (Å²) in [5, 5.41) is 0. The molecule has 0 aromatic carbocycles. The number of hydrogen-bond donors (Lipinski definition) is 0. The Balaban J connectivity index is 4.34. The lowest BCUT2D eigenvalue weighted by atomic mass is 10.0. The van der Waals surface area contributed by atoms with Crippen LogP contribution in [0.1, 0.15) is 284 Å². The fourth-order valence-corrected chi connectivity index (χ4v) is 8.02. The Morgan fingerprint density at radius 3 is 0.955 bits per heavy atom. The van der Waals surface area contributed by atoms with Crippen molar-refractivity contribution in [3.63, 3.8) is 0 Å². The third-order valence-electron chi connectivity index (χ3n) is 12.3. The molecule has 0 fully saturated rings. The largest absolute Gasteiger partial charge is 0.462 e. The van der Waals surface area contributed by atoms with E-state index < -0.39 is 6.10 Å². The molecule has 0 aliphatic carbocycles. The molecule has 1 atom stereocenters. The Labute approximate surface area is 409 Å². The summed E-state index contributed by atoms with van der Waals surface area (Å²) in [6, 6.07) is 0. The number of allylic oxidation sites excluding steroid dienone is 10. The van der Waals surface area contributed by atoms with Gasteiger partial charge in [-0.25, -0.2) is 0 Å². The molecular formula is C60H106O6. The van der Waals surface area contributed by atoms with Gasteiger partial charge in [0.25, 0.3) is 0 Å². The maximum Gasteiger partial charge on any atom is 0.306 e. The molecule has 0 aromatic heterocycles. The minimum absolute atomic E-state index is 0.0786. The third kappa shape index (κ3) is 52.1. The monoisotopic (exact) mass is 923 g/mol. The fourth-order valence-electron chi connectivity index (χ4n) is 8.02. The molecule has 0 aromatic rings. The van der Waals surface area contributed by atoms with Crippen LogP contribution in [-0.2, 0) is 28.6 Å². The highest BCUT2D eigenvalue weighted by Gasteiger charge is 2.19. The average Bonchev–Trinajstić information content (AvgIpc) is 3.31. The van der Waals surface area contributed by atoms with Crippen LogP contribution in [0.15, 0.2) is 60.8 Å². The van der Waals surface area contributed by atoms with Crippen LogP contribution in [-0.4, -0.2) is 37.2 Å². The molecule has 382 valence electrons. The minimum Gasteiger partial charge on any atom is -0.462 e. The Kier molecular flexibility index (Phi) is 52.3. The Morgan fingerprint density at radius 1 is 0.318 bits per heavy atom. The van der Waals surface area contributed by atoms with Gasteiger partial charge in [-0.3, -0.25) is 14.4 Å². The molecule has 0 N–H and O–H groups in total. The van der Waals surface area contributed by atoms with Crippen molar-refractivity contribution in [2.75, 3.05) is 13.2 Å². The lowest BCUT2D eigenvalue weighted by Crippen LogP contribution is -2.30. The number of esters is 3. The second-order valence-electron chi connectivity index (χ2n) is 18.8. The van der Waals surface area contributed by atoms with Crippen molar-refractivity contribution in [1.29, 1.82) is 0 Å². The van der Waals surface area contributed by atoms with E-state index in [0.29, 0.717) is 19.3 Å². The van der Waals surface area contributed by atoms with Crippen molar-refractivity contribution in [1.82, 2.24) is 0 Å². The smallest absolute Gasteiger partial charge is 0.306 e. The molecule has 0 spiro atoms. The first-order chi connectivity index (χ1) is 32.5. The van der Waals surface area contributed by atoms with Crippen LogP contribution in [0.3, 0.4) is 0 Å². The number of hydrogen-bond acceptors (Lipinski definition) is 6. The van der Waals surface area contributed by atoms with Gasteiger partial charge in [0.05, 0.1) is 0 Å². The Morgan fingerprint density at radius 2 is 0.591 bits per heavy atom. The van der Waals surface area contributed by atoms with Crippen LogP contribution < -0.4 is 0 Å². The summed E-state index contributed by atoms with van der Waals surface area (Å²) in [5.74, 6) is -0.883. The maximum atomic E-state index is 12.8. The lowest BCUT2D eigenvalue weighted by molar-refractivity contribution is -0.167. The van der Waals surface area contributed by atoms with E-state index in [1.54, 1.807) is 0 Å². The molecule has 0 aliphatic heterocycles. The molecule has 0 radical (unpaired) electrons. The highest BCUT2D eigenvalue weighted by atomic mass is 16.6. The average molecular weight is 924 g/mol. The van der Waals surface area contributed by atoms with Gasteiger partial charge in [0.1, 0.15) is 13.2 Å². The van der Waals surface area contributed by atoms with Gasteiger partial charge < -0.3 is 14.2 Å². The summed E-state index contributed by atoms with van der Waals surface area (Å²) in [7, 11) is 0. The first kappa shape index (κ1) is 63.1. The van der Waals surface area contributed by atoms with E-state index in [2.05, 4.69) is 81.5 Å². The van der Waals surface area contributed by atoms with E-state index in [1.165, 1.54) is 148 Å². The molecule has 0 aliphatic rings. The minimum atomic E-state index is -0.778. The summed E-state index contributed by atoms with van der Waals surface area (Å²) >= 11 is 0. The van der Waals surface area contributed by atoms with Gasteiger partial charge in [0.2, 0.25) is 0 Å². The molecule has 1 unspecified atom stereocenters. The van der Waals surface area contributed by atoms with Crippen molar-refractivity contribution in [2.24, 2.45) is 0 Å². The second-order valence-corrected chi connectivity index (χ2v) is 18.8. The third-order valence-corrected chi connectivity index (χ3v) is 12.3. The molecule has 0 rings (SSSR count). The van der Waals surface area contributed by atoms with Crippen molar-refractivity contribution in [2.45, 2.75) is 290 Å². The van der Waals surface area contributed by atoms with Crippen LogP contribution >= 0.6 is 0 Å². The van der Waals surface area contributed by atoms with Crippen molar-refractivity contribution < 1.29 is 28.6 Å². The quantitative estimate of drug-likeness (QED) is 0.0262. The first-order valence-corrected chi connectivity index (χ1v) is 28.3. The van der Waals surface area contributed by atoms with Gasteiger partial charge in [-0.1, -0.05) is 242 Å². The number of rotatable bonds is 51.